The lowest BCUT2D eigenvalue weighted by atomic mass is 9.84. The van der Waals surface area contributed by atoms with Gasteiger partial charge < -0.3 is 14.6 Å². The van der Waals surface area contributed by atoms with Crippen molar-refractivity contribution in [1.29, 1.82) is 0 Å². The van der Waals surface area contributed by atoms with Crippen molar-refractivity contribution >= 4 is 6.08 Å². The summed E-state index contributed by atoms with van der Waals surface area (Å²) in [6.45, 7) is 2.93. The minimum Gasteiger partial charge on any atom is -0.454 e. The van der Waals surface area contributed by atoms with Gasteiger partial charge in [-0.15, -0.1) is 0 Å². The number of fused-ring (bicyclic) bond motifs is 1. The lowest BCUT2D eigenvalue weighted by Gasteiger charge is -2.38. The van der Waals surface area contributed by atoms with Crippen molar-refractivity contribution < 1.29 is 14.6 Å². The van der Waals surface area contributed by atoms with Crippen LogP contribution >= 0.6 is 0 Å². The Kier molecular flexibility index (Phi) is 4.47. The average Bonchev–Trinajstić information content (AvgIpc) is 3.12. The molecule has 2 heterocycles. The Morgan fingerprint density at radius 2 is 1.76 bits per heavy atom. The molecule has 0 atom stereocenters. The minimum absolute atomic E-state index is 0.263. The normalized spacial score (nSPS) is 19.4. The molecule has 25 heavy (non-hydrogen) atoms. The van der Waals surface area contributed by atoms with Gasteiger partial charge in [-0.05, 0) is 36.1 Å². The van der Waals surface area contributed by atoms with Crippen LogP contribution in [0.25, 0.3) is 6.08 Å². The maximum absolute atomic E-state index is 11.1. The summed E-state index contributed by atoms with van der Waals surface area (Å²) >= 11 is 0. The number of ether oxygens (including phenoxy) is 2. The zero-order valence-corrected chi connectivity index (χ0v) is 14.2. The van der Waals surface area contributed by atoms with Gasteiger partial charge in [-0.25, -0.2) is 0 Å². The van der Waals surface area contributed by atoms with E-state index in [2.05, 4.69) is 29.2 Å². The van der Waals surface area contributed by atoms with Gasteiger partial charge in [-0.2, -0.15) is 0 Å². The second-order valence-corrected chi connectivity index (χ2v) is 6.71. The molecule has 0 bridgehead atoms. The quantitative estimate of drug-likeness (QED) is 0.928. The van der Waals surface area contributed by atoms with Gasteiger partial charge in [0.1, 0.15) is 0 Å². The first-order valence-electron chi connectivity index (χ1n) is 8.79. The number of hydrogen-bond donors (Lipinski definition) is 1. The zero-order valence-electron chi connectivity index (χ0n) is 14.2. The van der Waals surface area contributed by atoms with E-state index in [1.54, 1.807) is 0 Å². The van der Waals surface area contributed by atoms with E-state index in [-0.39, 0.29) is 6.79 Å². The van der Waals surface area contributed by atoms with Crippen molar-refractivity contribution in [2.24, 2.45) is 0 Å². The lowest BCUT2D eigenvalue weighted by Crippen LogP contribution is -2.42. The summed E-state index contributed by atoms with van der Waals surface area (Å²) in [5.41, 5.74) is 1.37. The van der Waals surface area contributed by atoms with Gasteiger partial charge in [0.05, 0.1) is 5.60 Å². The number of rotatable bonds is 4. The average molecular weight is 337 g/mol. The highest BCUT2D eigenvalue weighted by Crippen LogP contribution is 2.39. The van der Waals surface area contributed by atoms with Gasteiger partial charge in [0.2, 0.25) is 6.79 Å². The number of likely N-dealkylation sites (tertiary alicyclic amines) is 1. The Bertz CT molecular complexity index is 749. The molecule has 0 unspecified atom stereocenters. The summed E-state index contributed by atoms with van der Waals surface area (Å²) in [5, 5.41) is 11.1. The third-order valence-electron chi connectivity index (χ3n) is 5.07. The van der Waals surface area contributed by atoms with E-state index in [1.165, 1.54) is 5.56 Å². The monoisotopic (exact) mass is 337 g/mol. The largest absolute Gasteiger partial charge is 0.454 e. The van der Waals surface area contributed by atoms with Gasteiger partial charge in [0, 0.05) is 19.6 Å². The van der Waals surface area contributed by atoms with E-state index in [0.29, 0.717) is 0 Å². The van der Waals surface area contributed by atoms with Gasteiger partial charge in [-0.1, -0.05) is 48.6 Å². The van der Waals surface area contributed by atoms with Crippen molar-refractivity contribution in [3.8, 4) is 11.5 Å². The van der Waals surface area contributed by atoms with Crippen molar-refractivity contribution in [3.63, 3.8) is 0 Å². The third-order valence-corrected chi connectivity index (χ3v) is 5.07. The first-order valence-corrected chi connectivity index (χ1v) is 8.79. The van der Waals surface area contributed by atoms with Crippen molar-refractivity contribution in [3.05, 3.63) is 65.7 Å². The second kappa shape index (κ2) is 6.90. The number of hydrogen-bond acceptors (Lipinski definition) is 4. The molecule has 2 aliphatic rings. The maximum Gasteiger partial charge on any atom is 0.231 e. The van der Waals surface area contributed by atoms with E-state index in [9.17, 15) is 5.11 Å². The fourth-order valence-electron chi connectivity index (χ4n) is 3.48. The summed E-state index contributed by atoms with van der Waals surface area (Å²) in [6.07, 6.45) is 5.80. The molecular weight excluding hydrogens is 314 g/mol. The van der Waals surface area contributed by atoms with Crippen LogP contribution in [-0.4, -0.2) is 36.4 Å². The summed E-state index contributed by atoms with van der Waals surface area (Å²) in [4.78, 5) is 2.38. The van der Waals surface area contributed by atoms with Crippen LogP contribution in [0.3, 0.4) is 0 Å². The fourth-order valence-corrected chi connectivity index (χ4v) is 3.48. The molecule has 4 nitrogen and oxygen atoms in total. The predicted octanol–water partition coefficient (Wildman–Crippen LogP) is 3.41. The zero-order chi connectivity index (χ0) is 17.1. The van der Waals surface area contributed by atoms with Crippen LogP contribution < -0.4 is 9.47 Å². The molecule has 2 aliphatic heterocycles. The molecule has 2 aromatic carbocycles. The Morgan fingerprint density at radius 3 is 2.56 bits per heavy atom. The highest BCUT2D eigenvalue weighted by molar-refractivity contribution is 5.49. The third kappa shape index (κ3) is 3.55. The first-order chi connectivity index (χ1) is 12.2. The Hall–Kier alpha value is -2.30. The van der Waals surface area contributed by atoms with Crippen LogP contribution in [0, 0.1) is 0 Å². The number of piperidine rings is 1. The highest BCUT2D eigenvalue weighted by Gasteiger charge is 2.34. The molecule has 0 spiro atoms. The van der Waals surface area contributed by atoms with Gasteiger partial charge in [0.15, 0.2) is 11.5 Å². The van der Waals surface area contributed by atoms with E-state index in [0.717, 1.165) is 49.5 Å². The topological polar surface area (TPSA) is 41.9 Å². The second-order valence-electron chi connectivity index (χ2n) is 6.71. The highest BCUT2D eigenvalue weighted by atomic mass is 16.7. The molecule has 1 N–H and O–H groups in total. The predicted molar refractivity (Wildman–Crippen MR) is 97.6 cm³/mol. The van der Waals surface area contributed by atoms with E-state index in [4.69, 9.17) is 9.47 Å². The van der Waals surface area contributed by atoms with Crippen LogP contribution in [0.5, 0.6) is 11.5 Å². The molecule has 2 aromatic rings. The molecule has 0 aromatic heterocycles. The van der Waals surface area contributed by atoms with Gasteiger partial charge >= 0.3 is 0 Å². The fraction of sp³-hybridized carbons (Fsp3) is 0.333. The Morgan fingerprint density at radius 1 is 1.00 bits per heavy atom. The summed E-state index contributed by atoms with van der Waals surface area (Å²) in [5.74, 6) is 1.50. The lowest BCUT2D eigenvalue weighted by molar-refractivity contribution is -0.0234. The Balaban J connectivity index is 1.35. The van der Waals surface area contributed by atoms with Crippen LogP contribution in [0.1, 0.15) is 24.0 Å². The maximum atomic E-state index is 11.1. The summed E-state index contributed by atoms with van der Waals surface area (Å²) in [7, 11) is 0. The van der Waals surface area contributed by atoms with E-state index >= 15 is 0 Å². The van der Waals surface area contributed by atoms with Crippen LogP contribution in [-0.2, 0) is 5.60 Å². The van der Waals surface area contributed by atoms with Crippen LogP contribution in [0.15, 0.2) is 54.6 Å². The van der Waals surface area contributed by atoms with Gasteiger partial charge in [0.25, 0.3) is 0 Å². The number of aliphatic hydroxyl groups is 1. The molecule has 4 rings (SSSR count). The van der Waals surface area contributed by atoms with Crippen molar-refractivity contribution in [2.75, 3.05) is 26.4 Å². The van der Waals surface area contributed by atoms with E-state index in [1.807, 2.05) is 36.4 Å². The molecule has 1 fully saturated rings. The van der Waals surface area contributed by atoms with Crippen molar-refractivity contribution in [2.45, 2.75) is 18.4 Å². The minimum atomic E-state index is -0.777. The molecule has 0 radical (unpaired) electrons. The molecule has 0 amide bonds. The summed E-state index contributed by atoms with van der Waals surface area (Å²) in [6, 6.07) is 16.1. The van der Waals surface area contributed by atoms with Crippen LogP contribution in [0.2, 0.25) is 0 Å². The smallest absolute Gasteiger partial charge is 0.231 e. The molecule has 130 valence electrons. The molecular formula is C21H23NO3. The molecule has 0 aliphatic carbocycles. The van der Waals surface area contributed by atoms with Gasteiger partial charge in [-0.3, -0.25) is 4.90 Å². The standard InChI is InChI=1S/C21H23NO3/c23-21(18-8-9-19-20(15-18)25-16-24-19)10-13-22(14-11-21)12-4-7-17-5-2-1-3-6-17/h1-9,15,23H,10-14,16H2. The molecule has 0 saturated carbocycles. The number of nitrogens with zero attached hydrogens (tertiary/aromatic N) is 1. The first kappa shape index (κ1) is 16.2. The molecule has 1 saturated heterocycles. The van der Waals surface area contributed by atoms with Crippen LogP contribution in [0.4, 0.5) is 0 Å². The summed E-state index contributed by atoms with van der Waals surface area (Å²) < 4.78 is 10.8. The Labute approximate surface area is 148 Å². The SMILES string of the molecule is OC1(c2ccc3c(c2)OCO3)CCN(CC=Cc2ccccc2)CC1. The van der Waals surface area contributed by atoms with Crippen molar-refractivity contribution in [1.82, 2.24) is 4.90 Å². The molecule has 4 heteroatoms. The van der Waals surface area contributed by atoms with E-state index < -0.39 is 5.60 Å². The number of benzene rings is 2.